The molecule has 1 aliphatic rings. The minimum atomic E-state index is 0.203. The molecule has 0 atom stereocenters. The summed E-state index contributed by atoms with van der Waals surface area (Å²) in [5.74, 6) is 1.04. The van der Waals surface area contributed by atoms with Crippen molar-refractivity contribution in [1.29, 1.82) is 0 Å². The summed E-state index contributed by atoms with van der Waals surface area (Å²) in [7, 11) is 2.19. The Morgan fingerprint density at radius 3 is 2.38 bits per heavy atom. The lowest BCUT2D eigenvalue weighted by Crippen LogP contribution is -2.39. The maximum absolute atomic E-state index is 11.3. The fraction of sp³-hybridized carbons (Fsp3) is 0.923. The predicted molar refractivity (Wildman–Crippen MR) is 67.4 cm³/mol. The van der Waals surface area contributed by atoms with Gasteiger partial charge in [0.05, 0.1) is 0 Å². The zero-order valence-corrected chi connectivity index (χ0v) is 11.0. The van der Waals surface area contributed by atoms with E-state index < -0.39 is 0 Å². The van der Waals surface area contributed by atoms with Crippen LogP contribution < -0.4 is 5.32 Å². The first-order valence-electron chi connectivity index (χ1n) is 6.63. The number of nitrogens with one attached hydrogen (secondary N) is 1. The first-order chi connectivity index (χ1) is 7.65. The van der Waals surface area contributed by atoms with Crippen molar-refractivity contribution < 1.29 is 4.79 Å². The van der Waals surface area contributed by atoms with Crippen LogP contribution in [0.15, 0.2) is 0 Å². The Bertz CT molecular complexity index is 210. The number of hydrogen-bond acceptors (Lipinski definition) is 2. The number of hydrogen-bond donors (Lipinski definition) is 1. The fourth-order valence-corrected chi connectivity index (χ4v) is 2.39. The van der Waals surface area contributed by atoms with E-state index in [4.69, 9.17) is 0 Å². The van der Waals surface area contributed by atoms with Crippen molar-refractivity contribution in [3.8, 4) is 0 Å². The number of rotatable bonds is 5. The molecule has 0 heterocycles. The molecule has 0 aromatic carbocycles. The van der Waals surface area contributed by atoms with Gasteiger partial charge in [0.25, 0.3) is 0 Å². The zero-order valence-electron chi connectivity index (χ0n) is 11.0. The maximum Gasteiger partial charge on any atom is 0.219 e. The summed E-state index contributed by atoms with van der Waals surface area (Å²) in [5.41, 5.74) is 0. The van der Waals surface area contributed by atoms with Crippen LogP contribution in [0.2, 0.25) is 0 Å². The number of amides is 1. The summed E-state index contributed by atoms with van der Waals surface area (Å²) in [6, 6.07) is 0.440. The summed E-state index contributed by atoms with van der Waals surface area (Å²) >= 11 is 0. The second-order valence-electron chi connectivity index (χ2n) is 4.99. The Hall–Kier alpha value is -0.570. The average molecular weight is 226 g/mol. The molecule has 0 saturated heterocycles. The van der Waals surface area contributed by atoms with Gasteiger partial charge < -0.3 is 10.2 Å². The molecule has 0 aromatic heterocycles. The van der Waals surface area contributed by atoms with E-state index >= 15 is 0 Å². The van der Waals surface area contributed by atoms with Gasteiger partial charge in [-0.25, -0.2) is 0 Å². The summed E-state index contributed by atoms with van der Waals surface area (Å²) in [6.45, 7) is 6.46. The van der Waals surface area contributed by atoms with Gasteiger partial charge in [-0.1, -0.05) is 13.8 Å². The van der Waals surface area contributed by atoms with Gasteiger partial charge in [-0.2, -0.15) is 0 Å². The molecule has 94 valence electrons. The summed E-state index contributed by atoms with van der Waals surface area (Å²) in [5, 5.41) is 3.10. The minimum Gasteiger partial charge on any atom is -0.353 e. The van der Waals surface area contributed by atoms with Crippen LogP contribution in [0.1, 0.15) is 46.0 Å². The van der Waals surface area contributed by atoms with E-state index in [-0.39, 0.29) is 5.91 Å². The summed E-state index contributed by atoms with van der Waals surface area (Å²) in [4.78, 5) is 13.7. The highest BCUT2D eigenvalue weighted by molar-refractivity contribution is 5.75. The predicted octanol–water partition coefficient (Wildman–Crippen LogP) is 2.02. The molecule has 0 spiro atoms. The largest absolute Gasteiger partial charge is 0.353 e. The molecule has 3 nitrogen and oxygen atoms in total. The highest BCUT2D eigenvalue weighted by atomic mass is 16.1. The molecule has 0 unspecified atom stereocenters. The fourth-order valence-electron chi connectivity index (χ4n) is 2.39. The van der Waals surface area contributed by atoms with Gasteiger partial charge in [-0.3, -0.25) is 4.79 Å². The first-order valence-corrected chi connectivity index (χ1v) is 6.63. The smallest absolute Gasteiger partial charge is 0.219 e. The van der Waals surface area contributed by atoms with Crippen LogP contribution in [0.5, 0.6) is 0 Å². The maximum atomic E-state index is 11.3. The molecular weight excluding hydrogens is 200 g/mol. The standard InChI is InChI=1S/C13H26N2O/c1-4-13(16)14-12-8-6-11(7-9-12)10-15(3)5-2/h11-12H,4-10H2,1-3H3,(H,14,16). The van der Waals surface area contributed by atoms with Gasteiger partial charge in [0.1, 0.15) is 0 Å². The van der Waals surface area contributed by atoms with E-state index in [0.29, 0.717) is 12.5 Å². The van der Waals surface area contributed by atoms with Crippen molar-refractivity contribution >= 4 is 5.91 Å². The van der Waals surface area contributed by atoms with Crippen LogP contribution in [-0.2, 0) is 4.79 Å². The van der Waals surface area contributed by atoms with Crippen molar-refractivity contribution in [1.82, 2.24) is 10.2 Å². The highest BCUT2D eigenvalue weighted by Gasteiger charge is 2.22. The van der Waals surface area contributed by atoms with Gasteiger partial charge in [-0.15, -0.1) is 0 Å². The molecule has 1 saturated carbocycles. The van der Waals surface area contributed by atoms with Crippen molar-refractivity contribution in [2.24, 2.45) is 5.92 Å². The highest BCUT2D eigenvalue weighted by Crippen LogP contribution is 2.24. The Morgan fingerprint density at radius 1 is 1.25 bits per heavy atom. The third-order valence-electron chi connectivity index (χ3n) is 3.64. The molecule has 1 N–H and O–H groups in total. The van der Waals surface area contributed by atoms with Crippen molar-refractivity contribution in [3.63, 3.8) is 0 Å². The molecule has 1 fully saturated rings. The number of nitrogens with zero attached hydrogens (tertiary/aromatic N) is 1. The number of carbonyl (C=O) groups excluding carboxylic acids is 1. The second kappa shape index (κ2) is 6.89. The molecule has 1 rings (SSSR count). The topological polar surface area (TPSA) is 32.3 Å². The lowest BCUT2D eigenvalue weighted by atomic mass is 9.85. The van der Waals surface area contributed by atoms with Crippen LogP contribution in [0.4, 0.5) is 0 Å². The van der Waals surface area contributed by atoms with E-state index in [2.05, 4.69) is 24.2 Å². The minimum absolute atomic E-state index is 0.203. The molecule has 0 bridgehead atoms. The van der Waals surface area contributed by atoms with Gasteiger partial charge >= 0.3 is 0 Å². The molecule has 16 heavy (non-hydrogen) atoms. The van der Waals surface area contributed by atoms with Crippen molar-refractivity contribution in [2.75, 3.05) is 20.1 Å². The van der Waals surface area contributed by atoms with Crippen LogP contribution in [0, 0.1) is 5.92 Å². The first kappa shape index (κ1) is 13.5. The molecule has 0 aliphatic heterocycles. The third-order valence-corrected chi connectivity index (χ3v) is 3.64. The van der Waals surface area contributed by atoms with Gasteiger partial charge in [0.15, 0.2) is 0 Å². The van der Waals surface area contributed by atoms with Gasteiger partial charge in [0, 0.05) is 19.0 Å². The molecule has 1 aliphatic carbocycles. The molecule has 3 heteroatoms. The normalized spacial score (nSPS) is 25.8. The van der Waals surface area contributed by atoms with E-state index in [1.54, 1.807) is 0 Å². The SMILES string of the molecule is CCC(=O)NC1CCC(CN(C)CC)CC1. The molecule has 0 aromatic rings. The van der Waals surface area contributed by atoms with Crippen LogP contribution in [0.25, 0.3) is 0 Å². The molecule has 0 radical (unpaired) electrons. The second-order valence-corrected chi connectivity index (χ2v) is 4.99. The molecule has 1 amide bonds. The molecular formula is C13H26N2O. The van der Waals surface area contributed by atoms with Crippen LogP contribution in [0.3, 0.4) is 0 Å². The van der Waals surface area contributed by atoms with Gasteiger partial charge in [0.2, 0.25) is 5.91 Å². The van der Waals surface area contributed by atoms with E-state index in [9.17, 15) is 4.79 Å². The van der Waals surface area contributed by atoms with E-state index in [1.807, 2.05) is 6.92 Å². The summed E-state index contributed by atoms with van der Waals surface area (Å²) in [6.07, 6.45) is 5.46. The zero-order chi connectivity index (χ0) is 12.0. The number of carbonyl (C=O) groups is 1. The Labute approximate surface area is 99.6 Å². The lowest BCUT2D eigenvalue weighted by Gasteiger charge is -2.31. The van der Waals surface area contributed by atoms with Crippen LogP contribution in [-0.4, -0.2) is 37.0 Å². The van der Waals surface area contributed by atoms with Crippen LogP contribution >= 0.6 is 0 Å². The Morgan fingerprint density at radius 2 is 1.88 bits per heavy atom. The average Bonchev–Trinajstić information content (AvgIpc) is 2.31. The van der Waals surface area contributed by atoms with Crippen molar-refractivity contribution in [2.45, 2.75) is 52.0 Å². The summed E-state index contributed by atoms with van der Waals surface area (Å²) < 4.78 is 0. The monoisotopic (exact) mass is 226 g/mol. The van der Waals surface area contributed by atoms with E-state index in [1.165, 1.54) is 19.4 Å². The van der Waals surface area contributed by atoms with Crippen molar-refractivity contribution in [3.05, 3.63) is 0 Å². The van der Waals surface area contributed by atoms with Gasteiger partial charge in [-0.05, 0) is 45.2 Å². The quantitative estimate of drug-likeness (QED) is 0.778. The Kier molecular flexibility index (Phi) is 5.81. The third kappa shape index (κ3) is 4.52. The van der Waals surface area contributed by atoms with E-state index in [0.717, 1.165) is 25.3 Å². The Balaban J connectivity index is 2.20. The lowest BCUT2D eigenvalue weighted by molar-refractivity contribution is -0.121.